The summed E-state index contributed by atoms with van der Waals surface area (Å²) in [5.41, 5.74) is 3.03. The van der Waals surface area contributed by atoms with E-state index in [9.17, 15) is 5.11 Å². The number of aromatic nitrogens is 5. The van der Waals surface area contributed by atoms with Crippen molar-refractivity contribution >= 4 is 31.1 Å². The zero-order chi connectivity index (χ0) is 41.1. The molecule has 0 radical (unpaired) electrons. The lowest BCUT2D eigenvalue weighted by molar-refractivity contribution is -0.0967. The predicted molar refractivity (Wildman–Crippen MR) is 224 cm³/mol. The maximum Gasteiger partial charge on any atom is 0.201 e. The van der Waals surface area contributed by atoms with Crippen LogP contribution in [-0.4, -0.2) is 102 Å². The van der Waals surface area contributed by atoms with Gasteiger partial charge in [-0.3, -0.25) is 0 Å². The van der Waals surface area contributed by atoms with Crippen LogP contribution < -0.4 is 9.47 Å². The Balaban J connectivity index is 1.47. The van der Waals surface area contributed by atoms with Gasteiger partial charge in [-0.25, -0.2) is 15.0 Å². The van der Waals surface area contributed by atoms with Gasteiger partial charge in [0.1, 0.15) is 47.6 Å². The first-order valence-corrected chi connectivity index (χ1v) is 21.7. The summed E-state index contributed by atoms with van der Waals surface area (Å²) in [7, 11) is 4.52. The number of ether oxygens (including phenoxy) is 4. The molecule has 0 aliphatic carbocycles. The monoisotopic (exact) mass is 795 g/mol. The van der Waals surface area contributed by atoms with Crippen molar-refractivity contribution in [1.82, 2.24) is 29.9 Å². The smallest absolute Gasteiger partial charge is 0.201 e. The Labute approximate surface area is 337 Å². The number of hydrogen-bond acceptors (Lipinski definition) is 11. The van der Waals surface area contributed by atoms with Crippen LogP contribution >= 0.6 is 0 Å². The second-order valence-electron chi connectivity index (χ2n) is 15.7. The summed E-state index contributed by atoms with van der Waals surface area (Å²) >= 11 is 0. The van der Waals surface area contributed by atoms with E-state index in [2.05, 4.69) is 61.8 Å². The van der Waals surface area contributed by atoms with E-state index in [1.807, 2.05) is 105 Å². The fourth-order valence-electron chi connectivity index (χ4n) is 8.36. The molecule has 1 aliphatic heterocycles. The topological polar surface area (TPSA) is 138 Å². The van der Waals surface area contributed by atoms with Crippen LogP contribution in [0.3, 0.4) is 0 Å². The zero-order valence-corrected chi connectivity index (χ0v) is 36.0. The normalized spacial score (nSPS) is 19.2. The highest BCUT2D eigenvalue weighted by atomic mass is 28.4. The summed E-state index contributed by atoms with van der Waals surface area (Å²) in [5, 5.41) is 21.6. The minimum absolute atomic E-state index is 0.0107. The molecular formula is C43H57N7O6Si. The molecule has 0 bridgehead atoms. The molecule has 1 fully saturated rings. The minimum atomic E-state index is -2.59. The lowest BCUT2D eigenvalue weighted by Gasteiger charge is -2.45. The molecule has 57 heavy (non-hydrogen) atoms. The van der Waals surface area contributed by atoms with Crippen LogP contribution in [0.5, 0.6) is 11.5 Å². The summed E-state index contributed by atoms with van der Waals surface area (Å²) in [6, 6.07) is 25.7. The Kier molecular flexibility index (Phi) is 12.8. The lowest BCUT2D eigenvalue weighted by Crippen LogP contribution is -2.53. The molecule has 1 aliphatic rings. The third kappa shape index (κ3) is 7.93. The fraction of sp³-hybridized carbons (Fsp3) is 0.465. The summed E-state index contributed by atoms with van der Waals surface area (Å²) < 4.78 is 34.2. The summed E-state index contributed by atoms with van der Waals surface area (Å²) in [6.45, 7) is 15.2. The van der Waals surface area contributed by atoms with E-state index in [-0.39, 0.29) is 23.2 Å². The number of rotatable bonds is 15. The van der Waals surface area contributed by atoms with Crippen molar-refractivity contribution in [2.24, 2.45) is 4.99 Å². The van der Waals surface area contributed by atoms with Crippen LogP contribution in [0.15, 0.2) is 90.2 Å². The average Bonchev–Trinajstić information content (AvgIpc) is 3.78. The van der Waals surface area contributed by atoms with Crippen molar-refractivity contribution in [3.8, 4) is 11.5 Å². The average molecular weight is 796 g/mol. The van der Waals surface area contributed by atoms with Crippen molar-refractivity contribution in [3.05, 3.63) is 102 Å². The van der Waals surface area contributed by atoms with Crippen LogP contribution in [0.2, 0.25) is 16.6 Å². The van der Waals surface area contributed by atoms with Gasteiger partial charge >= 0.3 is 0 Å². The predicted octanol–water partition coefficient (Wildman–Crippen LogP) is 7.68. The Bertz CT molecular complexity index is 2040. The summed E-state index contributed by atoms with van der Waals surface area (Å²) in [5.74, 6) is 2.56. The molecule has 1 saturated heterocycles. The Morgan fingerprint density at radius 1 is 0.842 bits per heavy atom. The molecule has 304 valence electrons. The number of aliphatic hydroxyl groups excluding tert-OH is 1. The number of aliphatic imine (C=N–C) groups is 1. The molecule has 3 heterocycles. The Morgan fingerprint density at radius 3 is 1.89 bits per heavy atom. The van der Waals surface area contributed by atoms with E-state index in [1.54, 1.807) is 18.9 Å². The van der Waals surface area contributed by atoms with Crippen LogP contribution in [0.4, 0.5) is 5.82 Å². The van der Waals surface area contributed by atoms with E-state index >= 15 is 0 Å². The van der Waals surface area contributed by atoms with Crippen molar-refractivity contribution in [3.63, 3.8) is 0 Å². The van der Waals surface area contributed by atoms with Crippen LogP contribution in [0.25, 0.3) is 11.2 Å². The molecule has 13 nitrogen and oxygen atoms in total. The number of amidine groups is 1. The summed E-state index contributed by atoms with van der Waals surface area (Å²) in [6.07, 6.45) is -2.21. The molecule has 0 saturated carbocycles. The third-order valence-electron chi connectivity index (χ3n) is 11.4. The third-order valence-corrected chi connectivity index (χ3v) is 17.5. The molecule has 6 rings (SSSR count). The molecule has 0 amide bonds. The van der Waals surface area contributed by atoms with E-state index in [0.717, 1.165) is 34.0 Å². The van der Waals surface area contributed by atoms with Crippen molar-refractivity contribution < 1.29 is 28.5 Å². The SMILES string of the molecule is COc1ccc(C(OC[C@H]2O[C@@H](n3nnc4c(N=C(C)N(C)C)ncnc43)[C@H](O[Si](C(C)C)(C(C)C)C(C)C)[C@@H]2O)(c2ccccc2)c2ccc(OC)cc2)cc1. The first-order valence-electron chi connectivity index (χ1n) is 19.6. The highest BCUT2D eigenvalue weighted by Crippen LogP contribution is 2.48. The quantitative estimate of drug-likeness (QED) is 0.0483. The van der Waals surface area contributed by atoms with Crippen LogP contribution in [0, 0.1) is 0 Å². The maximum absolute atomic E-state index is 12.5. The molecule has 0 spiro atoms. The van der Waals surface area contributed by atoms with Gasteiger partial charge < -0.3 is 33.4 Å². The lowest BCUT2D eigenvalue weighted by atomic mass is 9.80. The Morgan fingerprint density at radius 2 is 1.39 bits per heavy atom. The Hall–Kier alpha value is -4.73. The second kappa shape index (κ2) is 17.4. The summed E-state index contributed by atoms with van der Waals surface area (Å²) in [4.78, 5) is 15.6. The van der Waals surface area contributed by atoms with E-state index in [1.165, 1.54) is 6.33 Å². The van der Waals surface area contributed by atoms with Gasteiger partial charge in [0.2, 0.25) is 8.32 Å². The van der Waals surface area contributed by atoms with Gasteiger partial charge in [0.25, 0.3) is 0 Å². The first-order chi connectivity index (χ1) is 27.3. The number of hydrogen-bond donors (Lipinski definition) is 1. The molecule has 3 aromatic carbocycles. The van der Waals surface area contributed by atoms with E-state index in [0.29, 0.717) is 17.0 Å². The second-order valence-corrected chi connectivity index (χ2v) is 21.1. The molecule has 14 heteroatoms. The van der Waals surface area contributed by atoms with Crippen LogP contribution in [-0.2, 0) is 19.5 Å². The van der Waals surface area contributed by atoms with Gasteiger partial charge in [-0.2, -0.15) is 4.68 Å². The highest BCUT2D eigenvalue weighted by Gasteiger charge is 2.55. The van der Waals surface area contributed by atoms with Crippen molar-refractivity contribution in [1.29, 1.82) is 0 Å². The van der Waals surface area contributed by atoms with Gasteiger partial charge in [0.05, 0.1) is 20.8 Å². The molecular weight excluding hydrogens is 739 g/mol. The van der Waals surface area contributed by atoms with E-state index in [4.69, 9.17) is 28.4 Å². The fourth-order valence-corrected chi connectivity index (χ4v) is 13.9. The standard InChI is InChI=1S/C43H57N7O6Si/c1-27(2)57(28(3)4,29(5)6)56-39-38(51)36(55-42(39)50-41-37(47-48-50)40(44-26-45-41)46-30(7)49(8)9)25-54-43(31-15-13-12-14-16-31,32-17-21-34(52-10)22-18-32)33-19-23-35(53-11)24-20-33/h12-24,26-29,36,38-39,42,51H,25H2,1-11H3/t36-,38-,39-,42-/m1/s1. The van der Waals surface area contributed by atoms with Crippen molar-refractivity contribution in [2.45, 2.75) is 95.2 Å². The number of fused-ring (bicyclic) bond motifs is 1. The number of benzene rings is 3. The maximum atomic E-state index is 12.5. The van der Waals surface area contributed by atoms with Crippen molar-refractivity contribution in [2.75, 3.05) is 34.9 Å². The molecule has 2 aromatic heterocycles. The van der Waals surface area contributed by atoms with Gasteiger partial charge in [-0.1, -0.05) is 101 Å². The first kappa shape index (κ1) is 41.9. The minimum Gasteiger partial charge on any atom is -0.497 e. The zero-order valence-electron chi connectivity index (χ0n) is 35.0. The molecule has 5 aromatic rings. The van der Waals surface area contributed by atoms with Gasteiger partial charge in [-0.05, 0) is 64.5 Å². The number of methoxy groups -OCH3 is 2. The van der Waals surface area contributed by atoms with Gasteiger partial charge in [0.15, 0.2) is 23.2 Å². The van der Waals surface area contributed by atoms with Crippen LogP contribution in [0.1, 0.15) is 71.4 Å². The number of aliphatic hydroxyl groups is 1. The highest BCUT2D eigenvalue weighted by molar-refractivity contribution is 6.77. The van der Waals surface area contributed by atoms with Gasteiger partial charge in [0, 0.05) is 14.1 Å². The largest absolute Gasteiger partial charge is 0.497 e. The van der Waals surface area contributed by atoms with Gasteiger partial charge in [-0.15, -0.1) is 5.10 Å². The molecule has 0 unspecified atom stereocenters. The molecule has 1 N–H and O–H groups in total. The molecule has 4 atom stereocenters. The number of nitrogens with zero attached hydrogens (tertiary/aromatic N) is 7. The van der Waals surface area contributed by atoms with E-state index < -0.39 is 38.5 Å².